The molecule has 0 saturated carbocycles. The van der Waals surface area contributed by atoms with Crippen LogP contribution in [0.5, 0.6) is 0 Å². The Balaban J connectivity index is 2.19. The first-order valence-corrected chi connectivity index (χ1v) is 5.16. The number of anilines is 1. The van der Waals surface area contributed by atoms with Gasteiger partial charge in [-0.2, -0.15) is 0 Å². The Morgan fingerprint density at radius 3 is 2.59 bits per heavy atom. The second kappa shape index (κ2) is 4.69. The number of benzene rings is 1. The molecular formula is C12H13N3O2. The van der Waals surface area contributed by atoms with Gasteiger partial charge in [0.1, 0.15) is 0 Å². The summed E-state index contributed by atoms with van der Waals surface area (Å²) in [6.07, 6.45) is 1.18. The number of amides is 1. The highest BCUT2D eigenvalue weighted by molar-refractivity contribution is 5.84. The maximum atomic E-state index is 11.0. The zero-order chi connectivity index (χ0) is 12.3. The largest absolute Gasteiger partial charge is 0.453 e. The number of imidazole rings is 1. The highest BCUT2D eigenvalue weighted by atomic mass is 16.5. The topological polar surface area (TPSA) is 67.0 Å². The van der Waals surface area contributed by atoms with E-state index >= 15 is 0 Å². The number of carbonyl (C=O) groups is 1. The third-order valence-electron chi connectivity index (χ3n) is 2.42. The second-order valence-corrected chi connectivity index (χ2v) is 3.57. The van der Waals surface area contributed by atoms with Crippen molar-refractivity contribution >= 4 is 11.8 Å². The van der Waals surface area contributed by atoms with Crippen LogP contribution in [0.3, 0.4) is 0 Å². The van der Waals surface area contributed by atoms with E-state index in [1.807, 2.05) is 19.1 Å². The molecule has 2 rings (SSSR count). The number of carbonyl (C=O) groups excluding carboxylic acids is 1. The summed E-state index contributed by atoms with van der Waals surface area (Å²) in [5.41, 5.74) is 3.61. The third kappa shape index (κ3) is 2.44. The molecule has 0 bridgehead atoms. The number of aryl methyl sites for hydroxylation is 1. The van der Waals surface area contributed by atoms with Gasteiger partial charge in [0.25, 0.3) is 0 Å². The molecule has 2 aromatic rings. The van der Waals surface area contributed by atoms with Gasteiger partial charge in [-0.15, -0.1) is 0 Å². The molecule has 5 heteroatoms. The van der Waals surface area contributed by atoms with Crippen molar-refractivity contribution in [3.63, 3.8) is 0 Å². The second-order valence-electron chi connectivity index (χ2n) is 3.57. The lowest BCUT2D eigenvalue weighted by Gasteiger charge is -2.04. The number of rotatable bonds is 2. The fourth-order valence-electron chi connectivity index (χ4n) is 1.53. The lowest BCUT2D eigenvalue weighted by Crippen LogP contribution is -2.10. The van der Waals surface area contributed by atoms with Gasteiger partial charge in [-0.25, -0.2) is 9.78 Å². The number of ether oxygens (including phenoxy) is 1. The fourth-order valence-corrected chi connectivity index (χ4v) is 1.53. The average Bonchev–Trinajstić information content (AvgIpc) is 2.76. The van der Waals surface area contributed by atoms with Crippen molar-refractivity contribution in [3.8, 4) is 11.3 Å². The molecule has 0 aliphatic heterocycles. The molecule has 0 aliphatic carbocycles. The van der Waals surface area contributed by atoms with Gasteiger partial charge in [-0.05, 0) is 19.1 Å². The molecule has 2 N–H and O–H groups in total. The number of aromatic amines is 1. The van der Waals surface area contributed by atoms with E-state index in [0.717, 1.165) is 17.0 Å². The molecule has 1 heterocycles. The van der Waals surface area contributed by atoms with Gasteiger partial charge in [0, 0.05) is 16.9 Å². The Bertz CT molecular complexity index is 517. The predicted molar refractivity (Wildman–Crippen MR) is 64.8 cm³/mol. The van der Waals surface area contributed by atoms with Crippen LogP contribution in [0.1, 0.15) is 5.69 Å². The van der Waals surface area contributed by atoms with Gasteiger partial charge in [-0.1, -0.05) is 12.1 Å². The quantitative estimate of drug-likeness (QED) is 0.834. The first kappa shape index (κ1) is 11.2. The van der Waals surface area contributed by atoms with E-state index in [9.17, 15) is 4.79 Å². The lowest BCUT2D eigenvalue weighted by atomic mass is 10.1. The van der Waals surface area contributed by atoms with Crippen LogP contribution in [0.2, 0.25) is 0 Å². The minimum absolute atomic E-state index is 0.478. The smallest absolute Gasteiger partial charge is 0.411 e. The number of aromatic nitrogens is 2. The van der Waals surface area contributed by atoms with E-state index in [1.54, 1.807) is 18.5 Å². The Hall–Kier alpha value is -2.30. The normalized spacial score (nSPS) is 10.0. The number of methoxy groups -OCH3 is 1. The molecule has 0 spiro atoms. The Labute approximate surface area is 98.8 Å². The van der Waals surface area contributed by atoms with Gasteiger partial charge < -0.3 is 9.72 Å². The lowest BCUT2D eigenvalue weighted by molar-refractivity contribution is 0.187. The van der Waals surface area contributed by atoms with Crippen molar-refractivity contribution in [2.45, 2.75) is 6.92 Å². The van der Waals surface area contributed by atoms with Crippen LogP contribution in [0.15, 0.2) is 30.6 Å². The van der Waals surface area contributed by atoms with Crippen LogP contribution in [-0.4, -0.2) is 23.2 Å². The van der Waals surface area contributed by atoms with Crippen LogP contribution >= 0.6 is 0 Å². The van der Waals surface area contributed by atoms with E-state index in [4.69, 9.17) is 0 Å². The Kier molecular flexibility index (Phi) is 3.09. The van der Waals surface area contributed by atoms with Gasteiger partial charge in [0.15, 0.2) is 0 Å². The van der Waals surface area contributed by atoms with E-state index in [1.165, 1.54) is 7.11 Å². The number of nitrogens with one attached hydrogen (secondary N) is 2. The zero-order valence-electron chi connectivity index (χ0n) is 9.65. The van der Waals surface area contributed by atoms with Gasteiger partial charge in [-0.3, -0.25) is 5.32 Å². The summed E-state index contributed by atoms with van der Waals surface area (Å²) in [5.74, 6) is 0. The fraction of sp³-hybridized carbons (Fsp3) is 0.167. The Morgan fingerprint density at radius 1 is 1.35 bits per heavy atom. The number of nitrogens with zero attached hydrogens (tertiary/aromatic N) is 1. The molecule has 1 amide bonds. The first-order chi connectivity index (χ1) is 8.20. The summed E-state index contributed by atoms with van der Waals surface area (Å²) in [6.45, 7) is 1.96. The van der Waals surface area contributed by atoms with E-state index in [2.05, 4.69) is 20.0 Å². The molecule has 1 aromatic carbocycles. The van der Waals surface area contributed by atoms with Crippen LogP contribution in [0, 0.1) is 6.92 Å². The molecule has 5 nitrogen and oxygen atoms in total. The van der Waals surface area contributed by atoms with Gasteiger partial charge >= 0.3 is 6.09 Å². The summed E-state index contributed by atoms with van der Waals surface area (Å²) in [6, 6.07) is 7.41. The molecule has 17 heavy (non-hydrogen) atoms. The van der Waals surface area contributed by atoms with Crippen LogP contribution in [0.4, 0.5) is 10.5 Å². The standard InChI is InChI=1S/C12H13N3O2/c1-8-11(14-7-13-8)9-3-5-10(6-4-9)15-12(16)17-2/h3-7H,1-2H3,(H,13,14)(H,15,16). The molecule has 0 fully saturated rings. The molecule has 1 aromatic heterocycles. The predicted octanol–water partition coefficient (Wildman–Crippen LogP) is 2.56. The van der Waals surface area contributed by atoms with E-state index in [-0.39, 0.29) is 0 Å². The minimum atomic E-state index is -0.478. The number of hydrogen-bond donors (Lipinski definition) is 2. The highest BCUT2D eigenvalue weighted by Crippen LogP contribution is 2.21. The van der Waals surface area contributed by atoms with Crippen molar-refractivity contribution in [2.24, 2.45) is 0 Å². The van der Waals surface area contributed by atoms with Crippen molar-refractivity contribution in [1.82, 2.24) is 9.97 Å². The maximum Gasteiger partial charge on any atom is 0.411 e. The molecular weight excluding hydrogens is 218 g/mol. The summed E-state index contributed by atoms with van der Waals surface area (Å²) in [4.78, 5) is 18.2. The van der Waals surface area contributed by atoms with Crippen LogP contribution < -0.4 is 5.32 Å². The molecule has 88 valence electrons. The molecule has 0 saturated heterocycles. The van der Waals surface area contributed by atoms with Crippen molar-refractivity contribution in [2.75, 3.05) is 12.4 Å². The highest BCUT2D eigenvalue weighted by Gasteiger charge is 2.05. The van der Waals surface area contributed by atoms with Crippen LogP contribution in [-0.2, 0) is 4.74 Å². The Morgan fingerprint density at radius 2 is 2.06 bits per heavy atom. The van der Waals surface area contributed by atoms with Crippen molar-refractivity contribution in [3.05, 3.63) is 36.3 Å². The van der Waals surface area contributed by atoms with Crippen molar-refractivity contribution < 1.29 is 9.53 Å². The average molecular weight is 231 g/mol. The first-order valence-electron chi connectivity index (χ1n) is 5.16. The summed E-state index contributed by atoms with van der Waals surface area (Å²) >= 11 is 0. The summed E-state index contributed by atoms with van der Waals surface area (Å²) < 4.78 is 4.51. The van der Waals surface area contributed by atoms with Gasteiger partial charge in [0.2, 0.25) is 0 Å². The maximum absolute atomic E-state index is 11.0. The monoisotopic (exact) mass is 231 g/mol. The number of hydrogen-bond acceptors (Lipinski definition) is 3. The molecule has 0 atom stereocenters. The summed E-state index contributed by atoms with van der Waals surface area (Å²) in [7, 11) is 1.33. The van der Waals surface area contributed by atoms with E-state index in [0.29, 0.717) is 5.69 Å². The van der Waals surface area contributed by atoms with Crippen LogP contribution in [0.25, 0.3) is 11.3 Å². The SMILES string of the molecule is COC(=O)Nc1ccc(-c2nc[nH]c2C)cc1. The summed E-state index contributed by atoms with van der Waals surface area (Å²) in [5, 5.41) is 2.59. The number of H-pyrrole nitrogens is 1. The zero-order valence-corrected chi connectivity index (χ0v) is 9.65. The molecule has 0 unspecified atom stereocenters. The molecule has 0 aliphatic rings. The third-order valence-corrected chi connectivity index (χ3v) is 2.42. The van der Waals surface area contributed by atoms with Crippen molar-refractivity contribution in [1.29, 1.82) is 0 Å². The molecule has 0 radical (unpaired) electrons. The van der Waals surface area contributed by atoms with Gasteiger partial charge in [0.05, 0.1) is 19.1 Å². The minimum Gasteiger partial charge on any atom is -0.453 e. The van der Waals surface area contributed by atoms with E-state index < -0.39 is 6.09 Å².